The molecule has 0 aliphatic rings. The Bertz CT molecular complexity index is 978. The van der Waals surface area contributed by atoms with Gasteiger partial charge < -0.3 is 34.3 Å². The standard InChI is InChI=1S/C40H70N2O9.33CH4/c1-6-36(26-18-12-11-16-24-34(2)47-4)27-19-15-17-25-35(3)51-38(44)29-21-10-8-14-23-31-42-40(46)50-33-32-49-37(43)28-20-9-7-13-22-30-41-39(45)48-5;;;;;;;;;;;;;;;;;;;;;;;;;;;;;;;;;/h6,11-12,15,19,34-36H,1,7-10,13-14,16-18,20-33H2,2-5H3,(H,41,45)(H,42,46);33*1H4/b12-11+,19-15-;;;;;;;;;;;;;;;;;;;;;;;;;;;;;;;;;. The average Bonchev–Trinajstić information content (AvgIpc) is 3.12. The first-order valence-electron chi connectivity index (χ1n) is 19.2. The molecule has 2 N–H and O–H groups in total. The van der Waals surface area contributed by atoms with Gasteiger partial charge in [-0.3, -0.25) is 9.59 Å². The maximum Gasteiger partial charge on any atom is 0.407 e. The predicted octanol–water partition coefficient (Wildman–Crippen LogP) is 29.9. The van der Waals surface area contributed by atoms with Gasteiger partial charge in [-0.25, -0.2) is 9.59 Å². The fraction of sp³-hybridized carbons (Fsp3) is 0.863. The Morgan fingerprint density at radius 1 is 0.381 bits per heavy atom. The lowest BCUT2D eigenvalue weighted by Gasteiger charge is -2.12. The summed E-state index contributed by atoms with van der Waals surface area (Å²) in [6, 6.07) is 0. The summed E-state index contributed by atoms with van der Waals surface area (Å²) < 4.78 is 25.5. The van der Waals surface area contributed by atoms with Gasteiger partial charge in [0.05, 0.1) is 19.3 Å². The van der Waals surface area contributed by atoms with E-state index < -0.39 is 12.2 Å². The molecule has 0 heterocycles. The highest BCUT2D eigenvalue weighted by molar-refractivity contribution is 5.70. The number of carbonyl (C=O) groups excluding carboxylic acids is 4. The molecule has 0 rings (SSSR count). The molecule has 0 fully saturated rings. The van der Waals surface area contributed by atoms with Gasteiger partial charge in [0.25, 0.3) is 0 Å². The second-order valence-corrected chi connectivity index (χ2v) is 13.0. The van der Waals surface area contributed by atoms with E-state index in [1.54, 1.807) is 7.11 Å². The van der Waals surface area contributed by atoms with Crippen LogP contribution in [0.25, 0.3) is 0 Å². The lowest BCUT2D eigenvalue weighted by molar-refractivity contribution is -0.148. The van der Waals surface area contributed by atoms with Crippen LogP contribution >= 0.6 is 0 Å². The quantitative estimate of drug-likeness (QED) is 0.0285. The number of hydrogen-bond donors (Lipinski definition) is 2. The maximum atomic E-state index is 12.2. The third-order valence-corrected chi connectivity index (χ3v) is 8.44. The molecular formula is C73H202N2O9. The lowest BCUT2D eigenvalue weighted by atomic mass is 9.98. The van der Waals surface area contributed by atoms with E-state index in [4.69, 9.17) is 18.9 Å². The number of nitrogens with one attached hydrogen (secondary N) is 2. The minimum Gasteiger partial charge on any atom is -0.463 e. The van der Waals surface area contributed by atoms with Crippen molar-refractivity contribution in [2.75, 3.05) is 40.5 Å². The molecule has 11 nitrogen and oxygen atoms in total. The largest absolute Gasteiger partial charge is 0.463 e. The zero-order chi connectivity index (χ0) is 37.8. The molecule has 0 bridgehead atoms. The van der Waals surface area contributed by atoms with E-state index in [0.29, 0.717) is 38.0 Å². The highest BCUT2D eigenvalue weighted by atomic mass is 16.6. The van der Waals surface area contributed by atoms with E-state index in [1.807, 2.05) is 13.0 Å². The molecule has 84 heavy (non-hydrogen) atoms. The van der Waals surface area contributed by atoms with E-state index in [-0.39, 0.29) is 276 Å². The van der Waals surface area contributed by atoms with Crippen molar-refractivity contribution in [3.8, 4) is 0 Å². The highest BCUT2D eigenvalue weighted by Gasteiger charge is 2.09. The molecule has 558 valence electrons. The number of ether oxygens (including phenoxy) is 5. The third kappa shape index (κ3) is 171. The summed E-state index contributed by atoms with van der Waals surface area (Å²) in [5, 5.41) is 5.34. The van der Waals surface area contributed by atoms with Crippen LogP contribution in [0.1, 0.15) is 381 Å². The fourth-order valence-corrected chi connectivity index (χ4v) is 5.10. The molecule has 0 aromatic heterocycles. The second-order valence-electron chi connectivity index (χ2n) is 13.0. The molecule has 0 aliphatic heterocycles. The minimum atomic E-state index is -0.524. The SMILES string of the molecule is C.C.C.C.C.C.C.C.C.C.C.C.C.C.C.C.C.C.C.C.C.C.C.C.C.C.C.C.C.C.C.C.C.C=CC(C/C=C\CCC(C)OC(=O)CCCCCCCNC(=O)OCCOC(=O)CCCCCCCNC(=O)OC)CC/C=C/CCC(C)OC. The summed E-state index contributed by atoms with van der Waals surface area (Å²) in [6.07, 6.45) is 26.8. The molecule has 3 atom stereocenters. The lowest BCUT2D eigenvalue weighted by Crippen LogP contribution is -2.26. The molecule has 0 saturated carbocycles. The summed E-state index contributed by atoms with van der Waals surface area (Å²) in [4.78, 5) is 46.8. The van der Waals surface area contributed by atoms with E-state index >= 15 is 0 Å². The Kier molecular flexibility index (Phi) is 497. The van der Waals surface area contributed by atoms with Crippen LogP contribution < -0.4 is 10.6 Å². The Labute approximate surface area is 551 Å². The highest BCUT2D eigenvalue weighted by Crippen LogP contribution is 2.15. The van der Waals surface area contributed by atoms with Gasteiger partial charge >= 0.3 is 24.1 Å². The van der Waals surface area contributed by atoms with Gasteiger partial charge in [0, 0.05) is 33.0 Å². The number of methoxy groups -OCH3 is 2. The molecular weight excluding hydrogens is 1050 g/mol. The number of rotatable bonds is 33. The van der Waals surface area contributed by atoms with E-state index in [2.05, 4.69) is 53.2 Å². The topological polar surface area (TPSA) is 138 Å². The molecule has 0 saturated heterocycles. The predicted molar refractivity (Wildman–Crippen MR) is 425 cm³/mol. The van der Waals surface area contributed by atoms with Gasteiger partial charge in [0.1, 0.15) is 13.2 Å². The summed E-state index contributed by atoms with van der Waals surface area (Å²) in [5.41, 5.74) is 0. The van der Waals surface area contributed by atoms with Gasteiger partial charge in [-0.2, -0.15) is 0 Å². The minimum absolute atomic E-state index is 0. The van der Waals surface area contributed by atoms with Crippen molar-refractivity contribution in [1.82, 2.24) is 10.6 Å². The van der Waals surface area contributed by atoms with Crippen LogP contribution in [0, 0.1) is 5.92 Å². The van der Waals surface area contributed by atoms with Crippen LogP contribution in [0.2, 0.25) is 0 Å². The summed E-state index contributed by atoms with van der Waals surface area (Å²) in [5.74, 6) is 0.0256. The first-order chi connectivity index (χ1) is 24.7. The second kappa shape index (κ2) is 178. The molecule has 0 aromatic rings. The maximum absolute atomic E-state index is 12.2. The number of amides is 2. The number of esters is 2. The molecule has 0 spiro atoms. The van der Waals surface area contributed by atoms with Crippen molar-refractivity contribution in [2.24, 2.45) is 5.92 Å². The summed E-state index contributed by atoms with van der Waals surface area (Å²) in [6.45, 7) is 9.16. The first kappa shape index (κ1) is 235. The zero-order valence-corrected chi connectivity index (χ0v) is 32.3. The van der Waals surface area contributed by atoms with Gasteiger partial charge in [0.2, 0.25) is 0 Å². The van der Waals surface area contributed by atoms with Crippen LogP contribution in [0.3, 0.4) is 0 Å². The Morgan fingerprint density at radius 3 is 1.06 bits per heavy atom. The van der Waals surface area contributed by atoms with Crippen molar-refractivity contribution in [2.45, 2.75) is 393 Å². The molecule has 0 aliphatic carbocycles. The molecule has 11 heteroatoms. The van der Waals surface area contributed by atoms with Crippen LogP contribution in [-0.4, -0.2) is 76.9 Å². The number of alkyl carbamates (subject to hydrolysis) is 2. The van der Waals surface area contributed by atoms with Crippen LogP contribution in [0.4, 0.5) is 9.59 Å². The number of allylic oxidation sites excluding steroid dienone is 5. The Morgan fingerprint density at radius 2 is 0.690 bits per heavy atom. The van der Waals surface area contributed by atoms with Gasteiger partial charge in [-0.1, -0.05) is 314 Å². The van der Waals surface area contributed by atoms with Crippen molar-refractivity contribution >= 4 is 24.1 Å². The van der Waals surface area contributed by atoms with E-state index in [9.17, 15) is 19.2 Å². The zero-order valence-electron chi connectivity index (χ0n) is 32.3. The fourth-order valence-electron chi connectivity index (χ4n) is 5.10. The summed E-state index contributed by atoms with van der Waals surface area (Å²) >= 11 is 0. The molecule has 0 radical (unpaired) electrons. The van der Waals surface area contributed by atoms with Crippen molar-refractivity contribution < 1.29 is 42.9 Å². The Hall–Kier alpha value is -3.34. The number of carbonyl (C=O) groups is 4. The van der Waals surface area contributed by atoms with Crippen LogP contribution in [0.15, 0.2) is 37.0 Å². The van der Waals surface area contributed by atoms with Gasteiger partial charge in [0.15, 0.2) is 0 Å². The van der Waals surface area contributed by atoms with Crippen molar-refractivity contribution in [3.63, 3.8) is 0 Å². The third-order valence-electron chi connectivity index (χ3n) is 8.44. The molecule has 0 aromatic carbocycles. The average molecular weight is 1250 g/mol. The van der Waals surface area contributed by atoms with E-state index in [0.717, 1.165) is 109 Å². The van der Waals surface area contributed by atoms with Crippen LogP contribution in [-0.2, 0) is 33.3 Å². The van der Waals surface area contributed by atoms with Gasteiger partial charge in [-0.15, -0.1) is 6.58 Å². The first-order valence-corrected chi connectivity index (χ1v) is 19.2. The summed E-state index contributed by atoms with van der Waals surface area (Å²) in [7, 11) is 3.09. The molecule has 2 amide bonds. The van der Waals surface area contributed by atoms with E-state index in [1.165, 1.54) is 7.11 Å². The smallest absolute Gasteiger partial charge is 0.407 e. The Balaban J connectivity index is -0.0000000237. The number of hydrogen-bond acceptors (Lipinski definition) is 9. The monoisotopic (exact) mass is 1250 g/mol. The number of unbranched alkanes of at least 4 members (excludes halogenated alkanes) is 8. The van der Waals surface area contributed by atoms with Crippen molar-refractivity contribution in [1.29, 1.82) is 0 Å². The normalized spacial score (nSPS) is 7.90. The van der Waals surface area contributed by atoms with Gasteiger partial charge in [-0.05, 0) is 90.4 Å². The van der Waals surface area contributed by atoms with Crippen molar-refractivity contribution in [3.05, 3.63) is 37.0 Å². The van der Waals surface area contributed by atoms with Crippen LogP contribution in [0.5, 0.6) is 0 Å². The molecule has 3 unspecified atom stereocenters.